The number of carbonyl (C=O) groups is 1. The van der Waals surface area contributed by atoms with E-state index in [0.29, 0.717) is 23.4 Å². The van der Waals surface area contributed by atoms with Crippen LogP contribution in [0.25, 0.3) is 22.1 Å². The van der Waals surface area contributed by atoms with E-state index in [-0.39, 0.29) is 12.5 Å². The Kier molecular flexibility index (Phi) is 5.23. The number of fused-ring (bicyclic) bond motifs is 2. The van der Waals surface area contributed by atoms with E-state index in [1.165, 1.54) is 11.6 Å². The number of anilines is 1. The molecule has 0 fully saturated rings. The van der Waals surface area contributed by atoms with Crippen molar-refractivity contribution in [3.63, 3.8) is 0 Å². The third kappa shape index (κ3) is 3.66. The molecule has 0 radical (unpaired) electrons. The molecule has 0 bridgehead atoms. The van der Waals surface area contributed by atoms with Crippen molar-refractivity contribution < 1.29 is 13.9 Å². The summed E-state index contributed by atoms with van der Waals surface area (Å²) in [6.45, 7) is 2.45. The van der Waals surface area contributed by atoms with Gasteiger partial charge in [-0.25, -0.2) is 4.79 Å². The number of ether oxygens (including phenoxy) is 1. The minimum Gasteiger partial charge on any atom is -0.483 e. The highest BCUT2D eigenvalue weighted by Crippen LogP contribution is 2.33. The quantitative estimate of drug-likeness (QED) is 0.426. The van der Waals surface area contributed by atoms with Crippen molar-refractivity contribution in [2.75, 3.05) is 18.1 Å². The fourth-order valence-corrected chi connectivity index (χ4v) is 4.37. The summed E-state index contributed by atoms with van der Waals surface area (Å²) in [5, 5.41) is 0.830. The van der Waals surface area contributed by atoms with Crippen molar-refractivity contribution in [3.8, 4) is 16.9 Å². The van der Waals surface area contributed by atoms with E-state index in [1.807, 2.05) is 67.6 Å². The van der Waals surface area contributed by atoms with Crippen molar-refractivity contribution in [3.05, 3.63) is 94.3 Å². The normalized spacial score (nSPS) is 13.1. The lowest BCUT2D eigenvalue weighted by atomic mass is 10.0. The summed E-state index contributed by atoms with van der Waals surface area (Å²) in [6, 6.07) is 22.9. The number of para-hydroxylation sites is 1. The second-order valence-electron chi connectivity index (χ2n) is 7.98. The summed E-state index contributed by atoms with van der Waals surface area (Å²) in [6.07, 6.45) is 1.92. The number of hydrogen-bond donors (Lipinski definition) is 0. The first-order valence-electron chi connectivity index (χ1n) is 10.8. The Hall–Kier alpha value is -3.86. The predicted molar refractivity (Wildman–Crippen MR) is 125 cm³/mol. The molecular weight excluding hydrogens is 402 g/mol. The fraction of sp³-hybridized carbons (Fsp3) is 0.185. The SMILES string of the molecule is Cc1c(OCC(=O)N2CCCc3ccccc32)ccc2c(-c3ccccc3)cc(=O)oc12. The Bertz CT molecular complexity index is 1360. The summed E-state index contributed by atoms with van der Waals surface area (Å²) in [4.78, 5) is 27.0. The molecule has 1 aliphatic rings. The molecule has 0 N–H and O–H groups in total. The smallest absolute Gasteiger partial charge is 0.336 e. The van der Waals surface area contributed by atoms with Gasteiger partial charge in [-0.05, 0) is 54.7 Å². The van der Waals surface area contributed by atoms with Crippen LogP contribution in [0.3, 0.4) is 0 Å². The number of carbonyl (C=O) groups excluding carboxylic acids is 1. The maximum atomic E-state index is 12.9. The van der Waals surface area contributed by atoms with Crippen molar-refractivity contribution in [1.29, 1.82) is 0 Å². The van der Waals surface area contributed by atoms with Gasteiger partial charge < -0.3 is 14.1 Å². The highest BCUT2D eigenvalue weighted by atomic mass is 16.5. The zero-order valence-electron chi connectivity index (χ0n) is 17.8. The molecule has 0 spiro atoms. The van der Waals surface area contributed by atoms with Crippen molar-refractivity contribution in [2.45, 2.75) is 19.8 Å². The van der Waals surface area contributed by atoms with Crippen LogP contribution in [0, 0.1) is 6.92 Å². The van der Waals surface area contributed by atoms with E-state index < -0.39 is 5.63 Å². The number of hydrogen-bond acceptors (Lipinski definition) is 4. The summed E-state index contributed by atoms with van der Waals surface area (Å²) in [5.41, 5.74) is 4.65. The predicted octanol–water partition coefficient (Wildman–Crippen LogP) is 5.13. The van der Waals surface area contributed by atoms with Crippen LogP contribution in [0.2, 0.25) is 0 Å². The Morgan fingerprint density at radius 1 is 1.03 bits per heavy atom. The molecule has 3 aromatic carbocycles. The van der Waals surface area contributed by atoms with Crippen molar-refractivity contribution in [2.24, 2.45) is 0 Å². The average Bonchev–Trinajstić information content (AvgIpc) is 2.83. The molecule has 1 amide bonds. The van der Waals surface area contributed by atoms with Crippen LogP contribution >= 0.6 is 0 Å². The van der Waals surface area contributed by atoms with E-state index in [0.717, 1.165) is 35.0 Å². The molecule has 1 aromatic heterocycles. The van der Waals surface area contributed by atoms with E-state index in [9.17, 15) is 9.59 Å². The molecule has 0 unspecified atom stereocenters. The fourth-order valence-electron chi connectivity index (χ4n) is 4.37. The molecule has 4 aromatic rings. The third-order valence-electron chi connectivity index (χ3n) is 5.96. The zero-order valence-corrected chi connectivity index (χ0v) is 17.8. The Morgan fingerprint density at radius 3 is 2.66 bits per heavy atom. The first kappa shape index (κ1) is 20.1. The second-order valence-corrected chi connectivity index (χ2v) is 7.98. The molecule has 0 saturated heterocycles. The van der Waals surface area contributed by atoms with Crippen LogP contribution in [0.1, 0.15) is 17.5 Å². The highest BCUT2D eigenvalue weighted by molar-refractivity contribution is 5.97. The van der Waals surface area contributed by atoms with Gasteiger partial charge in [0.1, 0.15) is 11.3 Å². The standard InChI is InChI=1S/C27H23NO4/c1-18-24(31-17-25(29)28-15-7-11-20-10-5-6-12-23(20)28)14-13-21-22(16-26(30)32-27(18)21)19-8-3-2-4-9-19/h2-6,8-10,12-14,16H,7,11,15,17H2,1H3. The van der Waals surface area contributed by atoms with Gasteiger partial charge in [0.2, 0.25) is 0 Å². The second kappa shape index (κ2) is 8.35. The molecule has 5 nitrogen and oxygen atoms in total. The van der Waals surface area contributed by atoms with Gasteiger partial charge in [-0.1, -0.05) is 48.5 Å². The van der Waals surface area contributed by atoms with Crippen molar-refractivity contribution >= 4 is 22.6 Å². The molecule has 5 rings (SSSR count). The van der Waals surface area contributed by atoms with Crippen LogP contribution in [0.15, 0.2) is 82.0 Å². The van der Waals surface area contributed by atoms with E-state index in [1.54, 1.807) is 4.90 Å². The van der Waals surface area contributed by atoms with Gasteiger partial charge >= 0.3 is 5.63 Å². The number of aryl methyl sites for hydroxylation is 2. The third-order valence-corrected chi connectivity index (χ3v) is 5.96. The Labute approximate surface area is 185 Å². The maximum Gasteiger partial charge on any atom is 0.336 e. The van der Waals surface area contributed by atoms with Gasteiger partial charge in [0.25, 0.3) is 5.91 Å². The van der Waals surface area contributed by atoms with Crippen LogP contribution in [-0.2, 0) is 11.2 Å². The Morgan fingerprint density at radius 2 is 1.81 bits per heavy atom. The number of amides is 1. The molecule has 5 heteroatoms. The van der Waals surface area contributed by atoms with Crippen LogP contribution in [0.5, 0.6) is 5.75 Å². The monoisotopic (exact) mass is 425 g/mol. The highest BCUT2D eigenvalue weighted by Gasteiger charge is 2.23. The average molecular weight is 425 g/mol. The van der Waals surface area contributed by atoms with Gasteiger partial charge in [0, 0.05) is 29.2 Å². The molecule has 0 aliphatic carbocycles. The molecule has 0 atom stereocenters. The minimum atomic E-state index is -0.419. The van der Waals surface area contributed by atoms with Gasteiger partial charge in [0.05, 0.1) is 0 Å². The lowest BCUT2D eigenvalue weighted by molar-refractivity contribution is -0.120. The lowest BCUT2D eigenvalue weighted by Gasteiger charge is -2.29. The first-order chi connectivity index (χ1) is 15.6. The van der Waals surface area contributed by atoms with Gasteiger partial charge in [-0.3, -0.25) is 4.79 Å². The maximum absolute atomic E-state index is 12.9. The van der Waals surface area contributed by atoms with Gasteiger partial charge in [-0.15, -0.1) is 0 Å². The summed E-state index contributed by atoms with van der Waals surface area (Å²) < 4.78 is 11.4. The van der Waals surface area contributed by atoms with Crippen LogP contribution in [-0.4, -0.2) is 19.1 Å². The topological polar surface area (TPSA) is 59.8 Å². The molecule has 32 heavy (non-hydrogen) atoms. The summed E-state index contributed by atoms with van der Waals surface area (Å²) in [5.74, 6) is 0.445. The van der Waals surface area contributed by atoms with Crippen LogP contribution in [0.4, 0.5) is 5.69 Å². The number of rotatable bonds is 4. The zero-order chi connectivity index (χ0) is 22.1. The lowest BCUT2D eigenvalue weighted by Crippen LogP contribution is -2.38. The summed E-state index contributed by atoms with van der Waals surface area (Å²) in [7, 11) is 0. The Balaban J connectivity index is 1.43. The molecular formula is C27H23NO4. The molecule has 0 saturated carbocycles. The number of benzene rings is 3. The first-order valence-corrected chi connectivity index (χ1v) is 10.8. The largest absolute Gasteiger partial charge is 0.483 e. The molecule has 1 aliphatic heterocycles. The van der Waals surface area contributed by atoms with Gasteiger partial charge in [-0.2, -0.15) is 0 Å². The minimum absolute atomic E-state index is 0.0801. The molecule has 160 valence electrons. The number of nitrogens with zero attached hydrogens (tertiary/aromatic N) is 1. The van der Waals surface area contributed by atoms with Crippen LogP contribution < -0.4 is 15.3 Å². The summed E-state index contributed by atoms with van der Waals surface area (Å²) >= 11 is 0. The van der Waals surface area contributed by atoms with Gasteiger partial charge in [0.15, 0.2) is 6.61 Å². The van der Waals surface area contributed by atoms with E-state index in [4.69, 9.17) is 9.15 Å². The molecule has 2 heterocycles. The van der Waals surface area contributed by atoms with Crippen molar-refractivity contribution in [1.82, 2.24) is 0 Å². The van der Waals surface area contributed by atoms with E-state index in [2.05, 4.69) is 6.07 Å². The van der Waals surface area contributed by atoms with E-state index >= 15 is 0 Å².